The molecule has 1 aliphatic carbocycles. The van der Waals surface area contributed by atoms with Crippen LogP contribution < -0.4 is 20.1 Å². The number of methoxy groups -OCH3 is 2. The number of nitrogens with one attached hydrogen (secondary N) is 2. The molecule has 1 aromatic heterocycles. The Hall–Kier alpha value is -3.61. The Bertz CT molecular complexity index is 1180. The number of aromatic nitrogens is 1. The van der Waals surface area contributed by atoms with E-state index < -0.39 is 5.92 Å². The van der Waals surface area contributed by atoms with Gasteiger partial charge in [-0.15, -0.1) is 0 Å². The SMILES string of the molecule is COc1ccc(OC)c([C@H]2C(C(=O)Nc3cccc(C)n3)=C(C)NC3=C2C(=O)C[C@@H](C)C3)c1. The standard InChI is InChI=1S/C26H29N3O4/c1-14-11-19-25(20(30)12-14)24(18-13-17(32-4)9-10-21(18)33-5)23(16(3)28-19)26(31)29-22-8-6-7-15(2)27-22/h6-10,13-14,24,28H,11-12H2,1-5H3,(H,27,29,31)/t14-,24-/m0/s1. The number of ether oxygens (including phenoxy) is 2. The van der Waals surface area contributed by atoms with Gasteiger partial charge >= 0.3 is 0 Å². The zero-order valence-electron chi connectivity index (χ0n) is 19.6. The van der Waals surface area contributed by atoms with E-state index in [0.717, 1.165) is 23.4 Å². The number of carbonyl (C=O) groups is 2. The van der Waals surface area contributed by atoms with Crippen LogP contribution in [-0.4, -0.2) is 30.9 Å². The lowest BCUT2D eigenvalue weighted by atomic mass is 9.72. The van der Waals surface area contributed by atoms with Crippen LogP contribution in [0.1, 0.15) is 43.9 Å². The smallest absolute Gasteiger partial charge is 0.255 e. The molecule has 2 atom stereocenters. The maximum absolute atomic E-state index is 13.6. The summed E-state index contributed by atoms with van der Waals surface area (Å²) in [6.45, 7) is 5.80. The number of rotatable bonds is 5. The Morgan fingerprint density at radius 1 is 1.12 bits per heavy atom. The first-order chi connectivity index (χ1) is 15.8. The van der Waals surface area contributed by atoms with Gasteiger partial charge in [0.25, 0.3) is 5.91 Å². The van der Waals surface area contributed by atoms with E-state index in [4.69, 9.17) is 9.47 Å². The van der Waals surface area contributed by atoms with E-state index in [0.29, 0.717) is 40.6 Å². The molecule has 7 heteroatoms. The minimum Gasteiger partial charge on any atom is -0.497 e. The van der Waals surface area contributed by atoms with E-state index in [-0.39, 0.29) is 17.6 Å². The highest BCUT2D eigenvalue weighted by atomic mass is 16.5. The van der Waals surface area contributed by atoms with Crippen molar-refractivity contribution in [2.75, 3.05) is 19.5 Å². The second-order valence-corrected chi connectivity index (χ2v) is 8.65. The lowest BCUT2D eigenvalue weighted by Gasteiger charge is -2.36. The van der Waals surface area contributed by atoms with Gasteiger partial charge in [0.1, 0.15) is 17.3 Å². The number of pyridine rings is 1. The summed E-state index contributed by atoms with van der Waals surface area (Å²) in [5.74, 6) is 1.05. The molecule has 1 amide bonds. The van der Waals surface area contributed by atoms with Crippen LogP contribution in [0.4, 0.5) is 5.82 Å². The molecule has 0 bridgehead atoms. The summed E-state index contributed by atoms with van der Waals surface area (Å²) >= 11 is 0. The predicted molar refractivity (Wildman–Crippen MR) is 126 cm³/mol. The van der Waals surface area contributed by atoms with Gasteiger partial charge in [0.2, 0.25) is 0 Å². The molecular formula is C26H29N3O4. The zero-order valence-corrected chi connectivity index (χ0v) is 19.6. The Morgan fingerprint density at radius 3 is 2.61 bits per heavy atom. The molecule has 0 fully saturated rings. The van der Waals surface area contributed by atoms with Crippen molar-refractivity contribution in [1.82, 2.24) is 10.3 Å². The van der Waals surface area contributed by atoms with Gasteiger partial charge in [0.15, 0.2) is 5.78 Å². The van der Waals surface area contributed by atoms with Gasteiger partial charge in [-0.05, 0) is 56.5 Å². The molecule has 0 radical (unpaired) electrons. The van der Waals surface area contributed by atoms with Crippen molar-refractivity contribution >= 4 is 17.5 Å². The third kappa shape index (κ3) is 4.35. The molecule has 2 N–H and O–H groups in total. The van der Waals surface area contributed by atoms with Crippen LogP contribution in [0.15, 0.2) is 58.9 Å². The van der Waals surface area contributed by atoms with Gasteiger partial charge in [-0.3, -0.25) is 9.59 Å². The normalized spacial score (nSPS) is 20.2. The fraction of sp³-hybridized carbons (Fsp3) is 0.346. The maximum atomic E-state index is 13.6. The lowest BCUT2D eigenvalue weighted by molar-refractivity contribution is -0.117. The molecule has 2 heterocycles. The van der Waals surface area contributed by atoms with Gasteiger partial charge in [0, 0.05) is 40.2 Å². The summed E-state index contributed by atoms with van der Waals surface area (Å²) in [5.41, 5.74) is 4.18. The number of allylic oxidation sites excluding steroid dienone is 3. The molecule has 4 rings (SSSR count). The summed E-state index contributed by atoms with van der Waals surface area (Å²) in [6, 6.07) is 10.9. The van der Waals surface area contributed by atoms with Crippen molar-refractivity contribution in [2.45, 2.75) is 39.5 Å². The van der Waals surface area contributed by atoms with Gasteiger partial charge in [-0.1, -0.05) is 13.0 Å². The molecule has 2 aliphatic rings. The van der Waals surface area contributed by atoms with Gasteiger partial charge in [-0.25, -0.2) is 4.98 Å². The molecule has 1 aliphatic heterocycles. The first-order valence-corrected chi connectivity index (χ1v) is 11.0. The number of amides is 1. The van der Waals surface area contributed by atoms with E-state index in [1.165, 1.54) is 0 Å². The number of dihydropyridines is 1. The Kier molecular flexibility index (Phi) is 6.22. The molecule has 7 nitrogen and oxygen atoms in total. The number of anilines is 1. The summed E-state index contributed by atoms with van der Waals surface area (Å²) in [5, 5.41) is 6.27. The second kappa shape index (κ2) is 9.10. The summed E-state index contributed by atoms with van der Waals surface area (Å²) in [4.78, 5) is 31.3. The van der Waals surface area contributed by atoms with Crippen molar-refractivity contribution in [3.8, 4) is 11.5 Å². The molecule has 172 valence electrons. The number of benzene rings is 1. The third-order valence-electron chi connectivity index (χ3n) is 6.15. The number of aryl methyl sites for hydroxylation is 1. The average molecular weight is 448 g/mol. The highest BCUT2D eigenvalue weighted by Gasteiger charge is 2.41. The number of Topliss-reactive ketones (excluding diaryl/α,β-unsaturated/α-hetero) is 1. The average Bonchev–Trinajstić information content (AvgIpc) is 2.77. The van der Waals surface area contributed by atoms with Crippen LogP contribution in [0.2, 0.25) is 0 Å². The number of ketones is 1. The fourth-order valence-electron chi connectivity index (χ4n) is 4.71. The number of carbonyl (C=O) groups excluding carboxylic acids is 2. The highest BCUT2D eigenvalue weighted by Crippen LogP contribution is 2.46. The van der Waals surface area contributed by atoms with Crippen LogP contribution in [0.3, 0.4) is 0 Å². The van der Waals surface area contributed by atoms with Gasteiger partial charge in [0.05, 0.1) is 20.1 Å². The largest absolute Gasteiger partial charge is 0.497 e. The molecule has 0 saturated carbocycles. The Morgan fingerprint density at radius 2 is 1.91 bits per heavy atom. The maximum Gasteiger partial charge on any atom is 0.255 e. The van der Waals surface area contributed by atoms with E-state index in [2.05, 4.69) is 22.5 Å². The van der Waals surface area contributed by atoms with E-state index in [9.17, 15) is 9.59 Å². The van der Waals surface area contributed by atoms with Crippen molar-refractivity contribution in [3.63, 3.8) is 0 Å². The van der Waals surface area contributed by atoms with E-state index in [1.807, 2.05) is 32.0 Å². The van der Waals surface area contributed by atoms with Gasteiger partial charge in [-0.2, -0.15) is 0 Å². The van der Waals surface area contributed by atoms with Crippen molar-refractivity contribution in [3.05, 3.63) is 70.2 Å². The highest BCUT2D eigenvalue weighted by molar-refractivity contribution is 6.09. The van der Waals surface area contributed by atoms with Crippen molar-refractivity contribution in [1.29, 1.82) is 0 Å². The van der Waals surface area contributed by atoms with Crippen molar-refractivity contribution in [2.24, 2.45) is 5.92 Å². The molecule has 2 aromatic rings. The van der Waals surface area contributed by atoms with Gasteiger partial charge < -0.3 is 20.1 Å². The Balaban J connectivity index is 1.87. The summed E-state index contributed by atoms with van der Waals surface area (Å²) < 4.78 is 11.1. The zero-order chi connectivity index (χ0) is 23.7. The quantitative estimate of drug-likeness (QED) is 0.712. The van der Waals surface area contributed by atoms with Crippen LogP contribution in [-0.2, 0) is 9.59 Å². The second-order valence-electron chi connectivity index (χ2n) is 8.65. The minimum atomic E-state index is -0.587. The molecule has 1 aromatic carbocycles. The van der Waals surface area contributed by atoms with E-state index >= 15 is 0 Å². The predicted octanol–water partition coefficient (Wildman–Crippen LogP) is 4.26. The number of hydrogen-bond donors (Lipinski definition) is 2. The van der Waals surface area contributed by atoms with Crippen LogP contribution in [0.5, 0.6) is 11.5 Å². The first kappa shape index (κ1) is 22.6. The van der Waals surface area contributed by atoms with Crippen LogP contribution in [0, 0.1) is 12.8 Å². The third-order valence-corrected chi connectivity index (χ3v) is 6.15. The molecule has 0 saturated heterocycles. The molecular weight excluding hydrogens is 418 g/mol. The monoisotopic (exact) mass is 447 g/mol. The van der Waals surface area contributed by atoms with Crippen molar-refractivity contribution < 1.29 is 19.1 Å². The van der Waals surface area contributed by atoms with E-state index in [1.54, 1.807) is 32.4 Å². The molecule has 0 unspecified atom stereocenters. The lowest BCUT2D eigenvalue weighted by Crippen LogP contribution is -2.37. The molecule has 33 heavy (non-hydrogen) atoms. The topological polar surface area (TPSA) is 89.6 Å². The summed E-state index contributed by atoms with van der Waals surface area (Å²) in [7, 11) is 3.17. The summed E-state index contributed by atoms with van der Waals surface area (Å²) in [6.07, 6.45) is 1.19. The number of nitrogens with zero attached hydrogens (tertiary/aromatic N) is 1. The first-order valence-electron chi connectivity index (χ1n) is 11.0. The van der Waals surface area contributed by atoms with Crippen LogP contribution >= 0.6 is 0 Å². The van der Waals surface area contributed by atoms with Crippen LogP contribution in [0.25, 0.3) is 0 Å². The number of hydrogen-bond acceptors (Lipinski definition) is 6. The minimum absolute atomic E-state index is 0.0394. The molecule has 0 spiro atoms. The fourth-order valence-corrected chi connectivity index (χ4v) is 4.71. The Labute approximate surface area is 193 Å².